The number of likely N-dealkylation sites (tertiary alicyclic amines) is 1. The minimum absolute atomic E-state index is 0.00691. The maximum atomic E-state index is 14.0. The van der Waals surface area contributed by atoms with Gasteiger partial charge in [-0.2, -0.15) is 0 Å². The minimum Gasteiger partial charge on any atom is -0.391 e. The molecule has 0 saturated carbocycles. The molecule has 308 valence electrons. The number of benzene rings is 2. The van der Waals surface area contributed by atoms with E-state index in [9.17, 15) is 24.3 Å². The third-order valence-corrected chi connectivity index (χ3v) is 11.7. The van der Waals surface area contributed by atoms with Gasteiger partial charge in [0.2, 0.25) is 23.6 Å². The van der Waals surface area contributed by atoms with Crippen molar-refractivity contribution in [2.75, 3.05) is 26.3 Å². The van der Waals surface area contributed by atoms with Crippen molar-refractivity contribution in [2.45, 2.75) is 91.5 Å². The Bertz CT molecular complexity index is 2230. The molecule has 1 aliphatic heterocycles. The summed E-state index contributed by atoms with van der Waals surface area (Å²) in [6, 6.07) is 13.9. The Kier molecular flexibility index (Phi) is 13.6. The fourth-order valence-corrected chi connectivity index (χ4v) is 8.15. The first kappa shape index (κ1) is 42.4. The Morgan fingerprint density at radius 1 is 1.00 bits per heavy atom. The number of hydrogen-bond acceptors (Lipinski definition) is 9. The summed E-state index contributed by atoms with van der Waals surface area (Å²) in [6.45, 7) is 12.3. The molecule has 1 fully saturated rings. The van der Waals surface area contributed by atoms with Crippen molar-refractivity contribution in [1.82, 2.24) is 35.8 Å². The molecule has 0 bridgehead atoms. The van der Waals surface area contributed by atoms with Crippen molar-refractivity contribution in [3.63, 3.8) is 0 Å². The van der Waals surface area contributed by atoms with Crippen LogP contribution in [0.15, 0.2) is 66.4 Å². The van der Waals surface area contributed by atoms with Crippen LogP contribution in [0.2, 0.25) is 0 Å². The van der Waals surface area contributed by atoms with Crippen molar-refractivity contribution in [2.24, 2.45) is 11.3 Å². The van der Waals surface area contributed by atoms with E-state index < -0.39 is 29.5 Å². The normalized spacial score (nSPS) is 17.3. The molecule has 14 heteroatoms. The first-order valence-corrected chi connectivity index (χ1v) is 20.8. The van der Waals surface area contributed by atoms with Crippen molar-refractivity contribution in [1.29, 1.82) is 0 Å². The lowest BCUT2D eigenvalue weighted by Crippen LogP contribution is -2.58. The monoisotopic (exact) mass is 809 g/mol. The van der Waals surface area contributed by atoms with Gasteiger partial charge in [-0.1, -0.05) is 64.1 Å². The number of H-pyrrole nitrogens is 1. The number of fused-ring (bicyclic) bond motifs is 3. The van der Waals surface area contributed by atoms with E-state index in [-0.39, 0.29) is 55.7 Å². The van der Waals surface area contributed by atoms with Crippen molar-refractivity contribution >= 4 is 56.8 Å². The molecular weight excluding hydrogens is 755 g/mol. The maximum Gasteiger partial charge on any atom is 0.246 e. The van der Waals surface area contributed by atoms with Gasteiger partial charge in [0, 0.05) is 66.6 Å². The van der Waals surface area contributed by atoms with Gasteiger partial charge in [-0.3, -0.25) is 24.2 Å². The molecule has 0 spiro atoms. The predicted octanol–water partition coefficient (Wildman–Crippen LogP) is 5.61. The number of aliphatic hydroxyl groups excluding tert-OH is 1. The summed E-state index contributed by atoms with van der Waals surface area (Å²) in [6.07, 6.45) is 3.85. The van der Waals surface area contributed by atoms with Crippen molar-refractivity contribution in [3.05, 3.63) is 83.3 Å². The van der Waals surface area contributed by atoms with Crippen LogP contribution >= 0.6 is 11.3 Å². The fraction of sp³-hybridized carbons (Fsp3) is 0.455. The molecule has 3 aromatic heterocycles. The van der Waals surface area contributed by atoms with Gasteiger partial charge < -0.3 is 35.7 Å². The van der Waals surface area contributed by atoms with Crippen LogP contribution in [0, 0.1) is 18.3 Å². The molecule has 1 saturated heterocycles. The van der Waals surface area contributed by atoms with E-state index in [1.54, 1.807) is 17.5 Å². The number of carbonyl (C=O) groups excluding carboxylic acids is 4. The smallest absolute Gasteiger partial charge is 0.246 e. The second-order valence-corrected chi connectivity index (χ2v) is 17.4. The number of nitrogens with one attached hydrogen (secondary N) is 4. The lowest BCUT2D eigenvalue weighted by Gasteiger charge is -2.35. The molecule has 5 N–H and O–H groups in total. The number of ether oxygens (including phenoxy) is 1. The number of β-amino-alcohol motifs (C(OH)–C–C–N with tert-alkyl or cyclic N) is 1. The van der Waals surface area contributed by atoms with Crippen LogP contribution in [-0.2, 0) is 30.3 Å². The maximum absolute atomic E-state index is 14.0. The highest BCUT2D eigenvalue weighted by molar-refractivity contribution is 7.13. The highest BCUT2D eigenvalue weighted by atomic mass is 32.1. The second kappa shape index (κ2) is 18.6. The van der Waals surface area contributed by atoms with E-state index >= 15 is 0 Å². The van der Waals surface area contributed by atoms with E-state index in [1.165, 1.54) is 4.90 Å². The lowest BCUT2D eigenvalue weighted by molar-refractivity contribution is -0.144. The summed E-state index contributed by atoms with van der Waals surface area (Å²) in [5.74, 6) is -1.16. The highest BCUT2D eigenvalue weighted by Crippen LogP contribution is 2.30. The molecule has 1 aliphatic rings. The van der Waals surface area contributed by atoms with Crippen LogP contribution in [0.3, 0.4) is 0 Å². The Morgan fingerprint density at radius 2 is 1.78 bits per heavy atom. The van der Waals surface area contributed by atoms with E-state index in [4.69, 9.17) is 4.74 Å². The SMILES string of the molecule is Cc1ncsc1-c1ccc([C@H](C)NC(=O)[C@@H]2C[C@@H](O)CN2C(=O)[C@@H](NC(=O)CCOCC(C)CNC(=O)CCc2ccc3c(c2)[nH]c2ccncc23)C(C)(C)C)cc1. The zero-order chi connectivity index (χ0) is 41.6. The van der Waals surface area contributed by atoms with Crippen LogP contribution in [0.1, 0.15) is 76.7 Å². The number of nitrogens with zero attached hydrogens (tertiary/aromatic N) is 3. The summed E-state index contributed by atoms with van der Waals surface area (Å²) in [5.41, 5.74) is 7.18. The number of hydrogen-bond donors (Lipinski definition) is 5. The lowest BCUT2D eigenvalue weighted by atomic mass is 9.85. The molecule has 4 heterocycles. The molecule has 13 nitrogen and oxygen atoms in total. The molecule has 0 radical (unpaired) electrons. The first-order valence-electron chi connectivity index (χ1n) is 20.0. The first-order chi connectivity index (χ1) is 27.7. The van der Waals surface area contributed by atoms with Gasteiger partial charge >= 0.3 is 0 Å². The Balaban J connectivity index is 0.925. The standard InChI is InChI=1S/C44H55N7O6S/c1-26(21-46-38(53)14-8-29-7-13-33-34-22-45-17-15-35(34)49-36(33)19-29)24-57-18-16-39(54)50-41(44(4,5)6)43(56)51-23-32(52)20-37(51)42(55)48-27(2)30-9-11-31(12-10-30)40-28(3)47-25-58-40/h7,9-13,15,17,19,22,25-27,32,37,41,49,52H,8,14,16,18,20-21,23-24H2,1-6H3,(H,46,53)(H,48,55)(H,50,54)/t26?,27-,32+,37-,41+/m0/s1. The number of thiazole rings is 1. The van der Waals surface area contributed by atoms with Gasteiger partial charge in [0.1, 0.15) is 12.1 Å². The van der Waals surface area contributed by atoms with Gasteiger partial charge in [-0.25, -0.2) is 4.98 Å². The second-order valence-electron chi connectivity index (χ2n) is 16.5. The van der Waals surface area contributed by atoms with E-state index in [1.807, 2.05) is 89.6 Å². The van der Waals surface area contributed by atoms with E-state index in [0.29, 0.717) is 26.0 Å². The van der Waals surface area contributed by atoms with Crippen molar-refractivity contribution in [3.8, 4) is 10.4 Å². The molecule has 6 rings (SSSR count). The number of amides is 4. The Labute approximate surface area is 343 Å². The summed E-state index contributed by atoms with van der Waals surface area (Å²) < 4.78 is 5.78. The average Bonchev–Trinajstić information content (AvgIpc) is 3.92. The average molecular weight is 810 g/mol. The Morgan fingerprint density at radius 3 is 2.50 bits per heavy atom. The van der Waals surface area contributed by atoms with Crippen LogP contribution in [0.25, 0.3) is 32.2 Å². The quantitative estimate of drug-likeness (QED) is 0.0799. The fourth-order valence-electron chi connectivity index (χ4n) is 7.34. The largest absolute Gasteiger partial charge is 0.391 e. The molecule has 4 amide bonds. The predicted molar refractivity (Wildman–Crippen MR) is 226 cm³/mol. The van der Waals surface area contributed by atoms with Gasteiger partial charge in [0.25, 0.3) is 0 Å². The molecule has 0 aliphatic carbocycles. The summed E-state index contributed by atoms with van der Waals surface area (Å²) in [7, 11) is 0. The molecular formula is C44H55N7O6S. The third-order valence-electron chi connectivity index (χ3n) is 10.7. The zero-order valence-electron chi connectivity index (χ0n) is 34.1. The Hall–Kier alpha value is -5.18. The number of pyridine rings is 1. The van der Waals surface area contributed by atoms with Crippen molar-refractivity contribution < 1.29 is 29.0 Å². The number of rotatable bonds is 16. The molecule has 2 aromatic carbocycles. The minimum atomic E-state index is -0.934. The number of carbonyl (C=O) groups is 4. The van der Waals surface area contributed by atoms with Gasteiger partial charge in [0.05, 0.1) is 41.4 Å². The molecule has 58 heavy (non-hydrogen) atoms. The third kappa shape index (κ3) is 10.5. The van der Waals surface area contributed by atoms with Crippen LogP contribution < -0.4 is 16.0 Å². The summed E-state index contributed by atoms with van der Waals surface area (Å²) in [4.78, 5) is 67.8. The van der Waals surface area contributed by atoms with Crippen LogP contribution in [0.5, 0.6) is 0 Å². The van der Waals surface area contributed by atoms with Gasteiger partial charge in [-0.05, 0) is 60.4 Å². The van der Waals surface area contributed by atoms with Gasteiger partial charge in [0.15, 0.2) is 0 Å². The number of aryl methyl sites for hydroxylation is 2. The van der Waals surface area contributed by atoms with Crippen LogP contribution in [-0.4, -0.2) is 93.1 Å². The molecule has 1 unspecified atom stereocenters. The summed E-state index contributed by atoms with van der Waals surface area (Å²) >= 11 is 1.58. The van der Waals surface area contributed by atoms with E-state index in [2.05, 4.69) is 43.0 Å². The number of aromatic nitrogens is 3. The molecule has 5 aromatic rings. The molecule has 5 atom stereocenters. The highest BCUT2D eigenvalue weighted by Gasteiger charge is 2.44. The number of aliphatic hydroxyl groups is 1. The summed E-state index contributed by atoms with van der Waals surface area (Å²) in [5, 5.41) is 21.7. The van der Waals surface area contributed by atoms with E-state index in [0.717, 1.165) is 49.1 Å². The number of aromatic amines is 1. The topological polar surface area (TPSA) is 179 Å². The van der Waals surface area contributed by atoms with Crippen LogP contribution in [0.4, 0.5) is 0 Å². The van der Waals surface area contributed by atoms with Gasteiger partial charge in [-0.15, -0.1) is 11.3 Å². The zero-order valence-corrected chi connectivity index (χ0v) is 34.9.